The van der Waals surface area contributed by atoms with Crippen LogP contribution >= 0.6 is 0 Å². The third-order valence-electron chi connectivity index (χ3n) is 5.99. The van der Waals surface area contributed by atoms with Crippen LogP contribution in [0.15, 0.2) is 36.4 Å². The lowest BCUT2D eigenvalue weighted by Crippen LogP contribution is -2.44. The Hall–Kier alpha value is -2.31. The minimum Gasteiger partial charge on any atom is -0.322 e. The van der Waals surface area contributed by atoms with Gasteiger partial charge >= 0.3 is 0 Å². The Morgan fingerprint density at radius 3 is 2.39 bits per heavy atom. The molecule has 1 aliphatic heterocycles. The quantitative estimate of drug-likeness (QED) is 0.683. The van der Waals surface area contributed by atoms with Crippen LogP contribution in [0.5, 0.6) is 0 Å². The molecule has 0 aromatic heterocycles. The summed E-state index contributed by atoms with van der Waals surface area (Å²) in [5.74, 6) is -3.07. The lowest BCUT2D eigenvalue weighted by molar-refractivity contribution is 0.0155. The molecule has 2 aromatic carbocycles. The highest BCUT2D eigenvalue weighted by atomic mass is 19.3. The molecule has 168 valence electrons. The Morgan fingerprint density at radius 2 is 1.77 bits per heavy atom. The van der Waals surface area contributed by atoms with Crippen molar-refractivity contribution >= 4 is 11.6 Å². The first-order valence-electron chi connectivity index (χ1n) is 10.9. The number of rotatable bonds is 6. The molecule has 1 amide bonds. The predicted octanol–water partition coefficient (Wildman–Crippen LogP) is 5.23. The molecular weight excluding hydrogens is 396 g/mol. The van der Waals surface area contributed by atoms with E-state index in [4.69, 9.17) is 0 Å². The number of anilines is 1. The molecule has 3 rings (SSSR count). The van der Waals surface area contributed by atoms with Crippen LogP contribution in [0.4, 0.5) is 14.5 Å². The lowest BCUT2D eigenvalue weighted by atomic mass is 9.97. The van der Waals surface area contributed by atoms with Crippen molar-refractivity contribution in [1.29, 1.82) is 0 Å². The molecule has 0 unspecified atom stereocenters. The molecule has 0 atom stereocenters. The number of carbonyl (C=O) groups excluding carboxylic acids is 1. The number of nitrogens with one attached hydrogen (secondary N) is 1. The topological polar surface area (TPSA) is 35.6 Å². The summed E-state index contributed by atoms with van der Waals surface area (Å²) in [5.41, 5.74) is 3.73. The summed E-state index contributed by atoms with van der Waals surface area (Å²) in [4.78, 5) is 17.2. The van der Waals surface area contributed by atoms with Gasteiger partial charge in [0.05, 0.1) is 0 Å². The van der Waals surface area contributed by atoms with E-state index in [1.54, 1.807) is 12.1 Å². The van der Waals surface area contributed by atoms with E-state index >= 15 is 0 Å². The number of piperazine rings is 1. The molecule has 4 nitrogen and oxygen atoms in total. The van der Waals surface area contributed by atoms with Crippen LogP contribution in [-0.2, 0) is 12.5 Å². The molecular formula is C25H33F2N3O. The fourth-order valence-electron chi connectivity index (χ4n) is 4.05. The van der Waals surface area contributed by atoms with Crippen LogP contribution in [0.3, 0.4) is 0 Å². The second-order valence-corrected chi connectivity index (χ2v) is 9.02. The molecule has 2 aromatic rings. The third kappa shape index (κ3) is 5.89. The Labute approximate surface area is 184 Å². The molecule has 0 spiro atoms. The number of hydrogen-bond donors (Lipinski definition) is 1. The molecule has 0 radical (unpaired) electrons. The van der Waals surface area contributed by atoms with Crippen molar-refractivity contribution in [2.24, 2.45) is 0 Å². The van der Waals surface area contributed by atoms with Crippen LogP contribution in [0.25, 0.3) is 0 Å². The molecule has 0 bridgehead atoms. The van der Waals surface area contributed by atoms with Crippen molar-refractivity contribution in [3.05, 3.63) is 64.2 Å². The number of carbonyl (C=O) groups is 1. The smallest absolute Gasteiger partial charge is 0.270 e. The van der Waals surface area contributed by atoms with Gasteiger partial charge in [-0.05, 0) is 60.8 Å². The summed E-state index contributed by atoms with van der Waals surface area (Å²) >= 11 is 0. The number of likely N-dealkylation sites (N-methyl/N-ethyl adjacent to an activating group) is 1. The molecule has 1 fully saturated rings. The van der Waals surface area contributed by atoms with Crippen molar-refractivity contribution in [3.63, 3.8) is 0 Å². The standard InChI is InChI=1S/C25H33F2N3O/c1-17(2)22-15-21(9-6-18(22)3)28-24(31)19-7-8-20(23(14-19)25(4,26)27)16-30-12-10-29(5)11-13-30/h6-9,14-15,17H,10-13,16H2,1-5H3,(H,28,31). The van der Waals surface area contributed by atoms with Gasteiger partial charge in [0.25, 0.3) is 11.8 Å². The van der Waals surface area contributed by atoms with E-state index in [1.165, 1.54) is 6.07 Å². The summed E-state index contributed by atoms with van der Waals surface area (Å²) in [6, 6.07) is 10.4. The predicted molar refractivity (Wildman–Crippen MR) is 122 cm³/mol. The summed E-state index contributed by atoms with van der Waals surface area (Å²) in [6.45, 7) is 11.1. The minimum atomic E-state index is -3.02. The number of amides is 1. The first kappa shape index (κ1) is 23.4. The van der Waals surface area contributed by atoms with Gasteiger partial charge in [-0.15, -0.1) is 0 Å². The van der Waals surface area contributed by atoms with E-state index in [9.17, 15) is 13.6 Å². The highest BCUT2D eigenvalue weighted by molar-refractivity contribution is 6.04. The van der Waals surface area contributed by atoms with Gasteiger partial charge in [-0.3, -0.25) is 9.69 Å². The van der Waals surface area contributed by atoms with Crippen molar-refractivity contribution in [3.8, 4) is 0 Å². The Morgan fingerprint density at radius 1 is 1.10 bits per heavy atom. The van der Waals surface area contributed by atoms with Crippen LogP contribution in [0, 0.1) is 6.92 Å². The van der Waals surface area contributed by atoms with Crippen LogP contribution in [0.1, 0.15) is 59.3 Å². The third-order valence-corrected chi connectivity index (χ3v) is 5.99. The number of alkyl halides is 2. The van der Waals surface area contributed by atoms with Crippen molar-refractivity contribution < 1.29 is 13.6 Å². The van der Waals surface area contributed by atoms with E-state index in [0.29, 0.717) is 23.7 Å². The molecule has 0 saturated carbocycles. The molecule has 31 heavy (non-hydrogen) atoms. The van der Waals surface area contributed by atoms with Gasteiger partial charge in [0.15, 0.2) is 0 Å². The fourth-order valence-corrected chi connectivity index (χ4v) is 4.05. The number of hydrogen-bond acceptors (Lipinski definition) is 3. The molecule has 1 heterocycles. The van der Waals surface area contributed by atoms with E-state index in [-0.39, 0.29) is 17.0 Å². The van der Waals surface area contributed by atoms with Crippen LogP contribution < -0.4 is 5.32 Å². The zero-order chi connectivity index (χ0) is 22.8. The van der Waals surface area contributed by atoms with E-state index in [0.717, 1.165) is 44.2 Å². The number of benzene rings is 2. The second kappa shape index (κ2) is 9.45. The first-order valence-corrected chi connectivity index (χ1v) is 10.9. The Bertz CT molecular complexity index is 929. The normalized spacial score (nSPS) is 16.0. The van der Waals surface area contributed by atoms with Gasteiger partial charge in [-0.2, -0.15) is 0 Å². The monoisotopic (exact) mass is 429 g/mol. The fraction of sp³-hybridized carbons (Fsp3) is 0.480. The second-order valence-electron chi connectivity index (χ2n) is 9.02. The van der Waals surface area contributed by atoms with Gasteiger partial charge in [0.2, 0.25) is 0 Å². The van der Waals surface area contributed by atoms with Gasteiger partial charge in [-0.25, -0.2) is 8.78 Å². The summed E-state index contributed by atoms with van der Waals surface area (Å²) in [6.07, 6.45) is 0. The van der Waals surface area contributed by atoms with Crippen LogP contribution in [-0.4, -0.2) is 48.9 Å². The minimum absolute atomic E-state index is 0.0779. The highest BCUT2D eigenvalue weighted by Gasteiger charge is 2.29. The molecule has 1 aliphatic rings. The Balaban J connectivity index is 1.81. The van der Waals surface area contributed by atoms with Crippen molar-refractivity contribution in [2.45, 2.75) is 46.1 Å². The average Bonchev–Trinajstić information content (AvgIpc) is 2.70. The van der Waals surface area contributed by atoms with E-state index in [2.05, 4.69) is 36.0 Å². The molecule has 0 aliphatic carbocycles. The molecule has 1 N–H and O–H groups in total. The van der Waals surface area contributed by atoms with Crippen LogP contribution in [0.2, 0.25) is 0 Å². The maximum atomic E-state index is 14.4. The van der Waals surface area contributed by atoms with E-state index in [1.807, 2.05) is 25.1 Å². The number of halogens is 2. The average molecular weight is 430 g/mol. The molecule has 6 heteroatoms. The van der Waals surface area contributed by atoms with Gasteiger partial charge in [0.1, 0.15) is 0 Å². The van der Waals surface area contributed by atoms with Gasteiger partial charge < -0.3 is 10.2 Å². The Kier molecular flexibility index (Phi) is 7.12. The lowest BCUT2D eigenvalue weighted by Gasteiger charge is -2.33. The zero-order valence-corrected chi connectivity index (χ0v) is 19.1. The van der Waals surface area contributed by atoms with Crippen molar-refractivity contribution in [1.82, 2.24) is 9.80 Å². The number of nitrogens with zero attached hydrogens (tertiary/aromatic N) is 2. The summed E-state index contributed by atoms with van der Waals surface area (Å²) in [5, 5.41) is 2.87. The van der Waals surface area contributed by atoms with Gasteiger partial charge in [-0.1, -0.05) is 26.0 Å². The highest BCUT2D eigenvalue weighted by Crippen LogP contribution is 2.32. The zero-order valence-electron chi connectivity index (χ0n) is 19.1. The molecule has 1 saturated heterocycles. The van der Waals surface area contributed by atoms with E-state index < -0.39 is 5.92 Å². The maximum Gasteiger partial charge on any atom is 0.270 e. The number of aryl methyl sites for hydroxylation is 1. The van der Waals surface area contributed by atoms with Gasteiger partial charge in [0, 0.05) is 56.5 Å². The maximum absolute atomic E-state index is 14.4. The van der Waals surface area contributed by atoms with Crippen molar-refractivity contribution in [2.75, 3.05) is 38.5 Å². The first-order chi connectivity index (χ1) is 14.5. The summed E-state index contributed by atoms with van der Waals surface area (Å²) in [7, 11) is 2.06. The summed E-state index contributed by atoms with van der Waals surface area (Å²) < 4.78 is 28.9. The largest absolute Gasteiger partial charge is 0.322 e. The SMILES string of the molecule is Cc1ccc(NC(=O)c2ccc(CN3CCN(C)CC3)c(C(C)(F)F)c2)cc1C(C)C.